The van der Waals surface area contributed by atoms with Crippen molar-refractivity contribution in [1.29, 1.82) is 0 Å². The fourth-order valence-corrected chi connectivity index (χ4v) is 13.2. The lowest BCUT2D eigenvalue weighted by molar-refractivity contribution is 0.702. The summed E-state index contributed by atoms with van der Waals surface area (Å²) in [5, 5.41) is 2.47. The Morgan fingerprint density at radius 3 is 1.54 bits per heavy atom. The molecule has 0 radical (unpaired) electrons. The van der Waals surface area contributed by atoms with E-state index in [0.717, 1.165) is 11.4 Å². The summed E-state index contributed by atoms with van der Waals surface area (Å²) in [5.74, 6) is 0. The summed E-state index contributed by atoms with van der Waals surface area (Å²) in [6.45, 7) is 2.46. The Morgan fingerprint density at radius 2 is 0.831 bits per heavy atom. The SMILES string of the molecule is CC12c3ccccc3-c3cccc(c31)N(c1ccc(-c3ccccc3)cc1)c1ccc(-c3ccc4c(c3)c3cc(C5(c6ccccc6)c6ccccc6-c6ccccc65)ccc3n4-c3ccccc3)cc12. The number of benzene rings is 11. The van der Waals surface area contributed by atoms with Gasteiger partial charge in [0.2, 0.25) is 0 Å². The molecule has 0 fully saturated rings. The van der Waals surface area contributed by atoms with Crippen molar-refractivity contribution in [2.75, 3.05) is 4.90 Å². The predicted molar refractivity (Wildman–Crippen MR) is 295 cm³/mol. The molecule has 2 heterocycles. The third kappa shape index (κ3) is 5.48. The van der Waals surface area contributed by atoms with Crippen molar-refractivity contribution in [2.24, 2.45) is 0 Å². The molecule has 332 valence electrons. The van der Waals surface area contributed by atoms with Gasteiger partial charge in [-0.25, -0.2) is 0 Å². The average molecular weight is 903 g/mol. The van der Waals surface area contributed by atoms with Crippen molar-refractivity contribution in [3.8, 4) is 50.2 Å². The first-order chi connectivity index (χ1) is 35.1. The molecule has 1 atom stereocenters. The van der Waals surface area contributed by atoms with Crippen LogP contribution >= 0.6 is 0 Å². The van der Waals surface area contributed by atoms with Crippen LogP contribution in [0.1, 0.15) is 45.9 Å². The highest BCUT2D eigenvalue weighted by Gasteiger charge is 2.49. The second kappa shape index (κ2) is 15.0. The van der Waals surface area contributed by atoms with E-state index in [0.29, 0.717) is 0 Å². The summed E-state index contributed by atoms with van der Waals surface area (Å²) in [4.78, 5) is 2.50. The molecule has 1 aromatic heterocycles. The lowest BCUT2D eigenvalue weighted by Gasteiger charge is -2.42. The Balaban J connectivity index is 0.955. The van der Waals surface area contributed by atoms with Crippen LogP contribution in [0.15, 0.2) is 261 Å². The maximum atomic E-state index is 2.51. The number of hydrogen-bond acceptors (Lipinski definition) is 1. The minimum absolute atomic E-state index is 0.365. The normalized spacial score (nSPS) is 15.5. The quantitative estimate of drug-likeness (QED) is 0.161. The lowest BCUT2D eigenvalue weighted by Crippen LogP contribution is -2.32. The van der Waals surface area contributed by atoms with Crippen molar-refractivity contribution in [3.63, 3.8) is 0 Å². The van der Waals surface area contributed by atoms with Crippen LogP contribution in [0.25, 0.3) is 72.0 Å². The Hall–Kier alpha value is -8.98. The lowest BCUT2D eigenvalue weighted by atomic mass is 9.67. The molecule has 11 aromatic carbocycles. The van der Waals surface area contributed by atoms with Gasteiger partial charge < -0.3 is 9.47 Å². The minimum atomic E-state index is -0.504. The molecule has 71 heavy (non-hydrogen) atoms. The van der Waals surface area contributed by atoms with E-state index in [-0.39, 0.29) is 5.41 Å². The van der Waals surface area contributed by atoms with Crippen LogP contribution in [0.3, 0.4) is 0 Å². The van der Waals surface area contributed by atoms with Crippen molar-refractivity contribution in [2.45, 2.75) is 17.8 Å². The second-order valence-electron chi connectivity index (χ2n) is 19.7. The third-order valence-electron chi connectivity index (χ3n) is 16.3. The van der Waals surface area contributed by atoms with Crippen molar-refractivity contribution >= 4 is 38.9 Å². The Bertz CT molecular complexity index is 4060. The molecule has 0 saturated heterocycles. The molecule has 12 aromatic rings. The Morgan fingerprint density at radius 1 is 0.310 bits per heavy atom. The first kappa shape index (κ1) is 40.0. The van der Waals surface area contributed by atoms with Gasteiger partial charge in [0.05, 0.1) is 27.8 Å². The van der Waals surface area contributed by atoms with Gasteiger partial charge >= 0.3 is 0 Å². The van der Waals surface area contributed by atoms with Gasteiger partial charge in [0.25, 0.3) is 0 Å². The Labute approximate surface area is 414 Å². The number of anilines is 3. The number of para-hydroxylation sites is 1. The highest BCUT2D eigenvalue weighted by molar-refractivity contribution is 6.11. The monoisotopic (exact) mass is 902 g/mol. The molecule has 3 aliphatic rings. The molecule has 0 saturated carbocycles. The zero-order valence-corrected chi connectivity index (χ0v) is 39.2. The van der Waals surface area contributed by atoms with Crippen LogP contribution in [0, 0.1) is 0 Å². The second-order valence-corrected chi connectivity index (χ2v) is 19.7. The fourth-order valence-electron chi connectivity index (χ4n) is 13.2. The molecule has 2 heteroatoms. The van der Waals surface area contributed by atoms with E-state index in [1.54, 1.807) is 0 Å². The van der Waals surface area contributed by atoms with E-state index in [1.165, 1.54) is 117 Å². The first-order valence-electron chi connectivity index (χ1n) is 24.8. The van der Waals surface area contributed by atoms with Gasteiger partial charge in [-0.1, -0.05) is 194 Å². The maximum Gasteiger partial charge on any atom is 0.0713 e. The van der Waals surface area contributed by atoms with E-state index in [1.807, 2.05) is 0 Å². The third-order valence-corrected chi connectivity index (χ3v) is 16.3. The molecule has 2 nitrogen and oxygen atoms in total. The largest absolute Gasteiger partial charge is 0.310 e. The molecule has 15 rings (SSSR count). The van der Waals surface area contributed by atoms with Crippen LogP contribution in [0.4, 0.5) is 17.1 Å². The summed E-state index contributed by atoms with van der Waals surface area (Å²) in [6.07, 6.45) is 0. The topological polar surface area (TPSA) is 8.17 Å². The van der Waals surface area contributed by atoms with Gasteiger partial charge in [0.1, 0.15) is 0 Å². The summed E-state index contributed by atoms with van der Waals surface area (Å²) in [7, 11) is 0. The molecule has 2 aliphatic carbocycles. The van der Waals surface area contributed by atoms with Gasteiger partial charge in [0.15, 0.2) is 0 Å². The zero-order chi connectivity index (χ0) is 46.8. The molecule has 0 spiro atoms. The highest BCUT2D eigenvalue weighted by Crippen LogP contribution is 2.63. The fraction of sp³-hybridized carbons (Fsp3) is 0.0435. The van der Waals surface area contributed by atoms with Crippen LogP contribution in [0.2, 0.25) is 0 Å². The van der Waals surface area contributed by atoms with Gasteiger partial charge in [0, 0.05) is 27.6 Å². The number of nitrogens with zero attached hydrogens (tertiary/aromatic N) is 2. The van der Waals surface area contributed by atoms with Gasteiger partial charge in [-0.05, 0) is 157 Å². The van der Waals surface area contributed by atoms with E-state index >= 15 is 0 Å². The van der Waals surface area contributed by atoms with Crippen LogP contribution in [-0.4, -0.2) is 4.57 Å². The van der Waals surface area contributed by atoms with E-state index < -0.39 is 5.41 Å². The van der Waals surface area contributed by atoms with Crippen molar-refractivity contribution in [3.05, 3.63) is 300 Å². The predicted octanol–water partition coefficient (Wildman–Crippen LogP) is 17.6. The molecular weight excluding hydrogens is 857 g/mol. The number of fused-ring (bicyclic) bond motifs is 11. The van der Waals surface area contributed by atoms with E-state index in [9.17, 15) is 0 Å². The number of aromatic nitrogens is 1. The average Bonchev–Trinajstić information content (AvgIpc) is 4.04. The standard InChI is InChI=1S/C69H46N2/c1-68-59-28-14-11-26-55(59)56-27-17-31-66(67(56)68)71(52-37-32-46(33-38-52)45-18-5-2-6-19-45)65-40-35-48(43-62(65)68)47-34-39-63-57(42-47)58-44-50(36-41-64(58)70(63)51-22-9-4-10-23-51)69(49-20-7-3-8-21-49)60-29-15-12-24-53(60)54-25-13-16-30-61(54)69/h2-44H,1H3. The summed E-state index contributed by atoms with van der Waals surface area (Å²) in [6, 6.07) is 97.5. The molecular formula is C69H46N2. The molecule has 0 N–H and O–H groups in total. The maximum absolute atomic E-state index is 2.51. The minimum Gasteiger partial charge on any atom is -0.310 e. The molecule has 0 bridgehead atoms. The van der Waals surface area contributed by atoms with E-state index in [4.69, 9.17) is 0 Å². The number of hydrogen-bond donors (Lipinski definition) is 0. The van der Waals surface area contributed by atoms with Gasteiger partial charge in [-0.15, -0.1) is 0 Å². The van der Waals surface area contributed by atoms with Crippen molar-refractivity contribution in [1.82, 2.24) is 4.57 Å². The molecule has 0 amide bonds. The molecule has 1 unspecified atom stereocenters. The Kier molecular flexibility index (Phi) is 8.45. The smallest absolute Gasteiger partial charge is 0.0713 e. The van der Waals surface area contributed by atoms with Crippen LogP contribution < -0.4 is 4.90 Å². The zero-order valence-electron chi connectivity index (χ0n) is 39.2. The number of rotatable bonds is 6. The van der Waals surface area contributed by atoms with Crippen molar-refractivity contribution < 1.29 is 0 Å². The highest BCUT2D eigenvalue weighted by atomic mass is 15.2. The van der Waals surface area contributed by atoms with Crippen LogP contribution in [0.5, 0.6) is 0 Å². The first-order valence-corrected chi connectivity index (χ1v) is 24.8. The van der Waals surface area contributed by atoms with E-state index in [2.05, 4.69) is 277 Å². The molecule has 1 aliphatic heterocycles. The summed E-state index contributed by atoms with van der Waals surface area (Å²) < 4.78 is 2.45. The van der Waals surface area contributed by atoms with Gasteiger partial charge in [-0.3, -0.25) is 0 Å². The van der Waals surface area contributed by atoms with Gasteiger partial charge in [-0.2, -0.15) is 0 Å². The van der Waals surface area contributed by atoms with Crippen LogP contribution in [-0.2, 0) is 10.8 Å². The summed E-state index contributed by atoms with van der Waals surface area (Å²) in [5.41, 5.74) is 25.5. The summed E-state index contributed by atoms with van der Waals surface area (Å²) >= 11 is 0.